The summed E-state index contributed by atoms with van der Waals surface area (Å²) in [5, 5.41) is 0. The van der Waals surface area contributed by atoms with E-state index in [-0.39, 0.29) is 0 Å². The van der Waals surface area contributed by atoms with Crippen molar-refractivity contribution >= 4 is 32.5 Å². The normalized spacial score (nSPS) is 39.3. The van der Waals surface area contributed by atoms with Gasteiger partial charge in [0.15, 0.2) is 0 Å². The van der Waals surface area contributed by atoms with Gasteiger partial charge in [-0.1, -0.05) is 11.7 Å². The predicted octanol–water partition coefficient (Wildman–Crippen LogP) is 1.60. The van der Waals surface area contributed by atoms with E-state index >= 15 is 0 Å². The Kier molecular flexibility index (Phi) is 2.39. The van der Waals surface area contributed by atoms with Gasteiger partial charge in [-0.15, -0.1) is 0 Å². The molecule has 2 nitrogen and oxygen atoms in total. The molecule has 0 N–H and O–H groups in total. The molecule has 0 spiro atoms. The van der Waals surface area contributed by atoms with E-state index in [0.717, 1.165) is 13.2 Å². The van der Waals surface area contributed by atoms with E-state index in [9.17, 15) is 0 Å². The molecule has 1 saturated carbocycles. The molecule has 58 valence electrons. The first kappa shape index (κ1) is 7.61. The van der Waals surface area contributed by atoms with Crippen LogP contribution in [0.2, 0.25) is 0 Å². The third kappa shape index (κ3) is 1.43. The summed E-state index contributed by atoms with van der Waals surface area (Å²) in [5.41, 5.74) is 0. The Bertz CT molecular complexity index is 132. The largest absolute Gasteiger partial charge is 0.375 e. The second-order valence-electron chi connectivity index (χ2n) is 2.50. The van der Waals surface area contributed by atoms with Crippen LogP contribution in [0.15, 0.2) is 0 Å². The van der Waals surface area contributed by atoms with Gasteiger partial charge in [0.1, 0.15) is 0 Å². The molecule has 0 unspecified atom stereocenters. The van der Waals surface area contributed by atoms with E-state index in [4.69, 9.17) is 4.74 Å². The first-order chi connectivity index (χ1) is 4.92. The molecule has 5 heteroatoms. The van der Waals surface area contributed by atoms with Crippen molar-refractivity contribution in [3.8, 4) is 0 Å². The van der Waals surface area contributed by atoms with Crippen LogP contribution in [-0.2, 0) is 4.74 Å². The van der Waals surface area contributed by atoms with Crippen LogP contribution in [0.1, 0.15) is 6.42 Å². The molecular formula is C5H9NOS3. The van der Waals surface area contributed by atoms with Gasteiger partial charge in [0.25, 0.3) is 0 Å². The maximum absolute atomic E-state index is 5.44. The third-order valence-electron chi connectivity index (χ3n) is 1.84. The lowest BCUT2D eigenvalue weighted by atomic mass is 10.5. The maximum Gasteiger partial charge on any atom is 0.0757 e. The molecule has 0 aromatic carbocycles. The molecule has 0 aromatic rings. The molecule has 2 rings (SSSR count). The highest BCUT2D eigenvalue weighted by Gasteiger charge is 2.46. The second kappa shape index (κ2) is 3.15. The zero-order valence-electron chi connectivity index (χ0n) is 5.40. The highest BCUT2D eigenvalue weighted by Crippen LogP contribution is 2.42. The number of hydrogen-bond donors (Lipinski definition) is 1. The first-order valence-electron chi connectivity index (χ1n) is 3.28. The van der Waals surface area contributed by atoms with Gasteiger partial charge in [0, 0.05) is 23.6 Å². The Hall–Kier alpha value is 0.970. The molecule has 2 atom stereocenters. The van der Waals surface area contributed by atoms with Gasteiger partial charge >= 0.3 is 0 Å². The van der Waals surface area contributed by atoms with Crippen molar-refractivity contribution in [2.75, 3.05) is 13.2 Å². The van der Waals surface area contributed by atoms with Gasteiger partial charge in [-0.3, -0.25) is 0 Å². The van der Waals surface area contributed by atoms with Crippen molar-refractivity contribution < 1.29 is 4.74 Å². The molecule has 10 heavy (non-hydrogen) atoms. The number of thiol groups is 1. The van der Waals surface area contributed by atoms with Crippen LogP contribution in [-0.4, -0.2) is 29.6 Å². The van der Waals surface area contributed by atoms with Gasteiger partial charge in [0.2, 0.25) is 0 Å². The Morgan fingerprint density at radius 1 is 1.60 bits per heavy atom. The highest BCUT2D eigenvalue weighted by atomic mass is 33.5. The Balaban J connectivity index is 1.84. The number of fused-ring (bicyclic) bond motifs is 1. The van der Waals surface area contributed by atoms with Crippen molar-refractivity contribution in [1.82, 2.24) is 4.31 Å². The summed E-state index contributed by atoms with van der Waals surface area (Å²) in [4.78, 5) is 0. The number of nitrogens with zero attached hydrogens (tertiary/aromatic N) is 1. The minimum atomic E-state index is 0.543. The summed E-state index contributed by atoms with van der Waals surface area (Å²) in [6.45, 7) is 1.95. The van der Waals surface area contributed by atoms with Crippen LogP contribution < -0.4 is 0 Å². The fraction of sp³-hybridized carbons (Fsp3) is 1.00. The zero-order valence-corrected chi connectivity index (χ0v) is 7.92. The molecule has 0 amide bonds. The van der Waals surface area contributed by atoms with E-state index in [1.807, 2.05) is 0 Å². The monoisotopic (exact) mass is 195 g/mol. The fourth-order valence-corrected chi connectivity index (χ4v) is 3.39. The lowest BCUT2D eigenvalue weighted by molar-refractivity contribution is 0.0665. The summed E-state index contributed by atoms with van der Waals surface area (Å²) in [5.74, 6) is 0. The molecular weight excluding hydrogens is 186 g/mol. The summed E-state index contributed by atoms with van der Waals surface area (Å²) < 4.78 is 7.81. The molecule has 0 bridgehead atoms. The molecule has 1 aliphatic carbocycles. The summed E-state index contributed by atoms with van der Waals surface area (Å²) >= 11 is 4.09. The topological polar surface area (TPSA) is 12.5 Å². The van der Waals surface area contributed by atoms with Crippen molar-refractivity contribution in [3.05, 3.63) is 0 Å². The number of ether oxygens (including phenoxy) is 1. The van der Waals surface area contributed by atoms with Crippen LogP contribution >= 0.6 is 32.5 Å². The van der Waals surface area contributed by atoms with Crippen molar-refractivity contribution in [1.29, 1.82) is 0 Å². The molecule has 2 aliphatic rings. The second-order valence-corrected chi connectivity index (χ2v) is 5.51. The lowest BCUT2D eigenvalue weighted by Crippen LogP contribution is -2.30. The quantitative estimate of drug-likeness (QED) is 0.408. The average molecular weight is 195 g/mol. The smallest absolute Gasteiger partial charge is 0.0757 e. The molecule has 1 heterocycles. The Labute approximate surface area is 73.4 Å². The van der Waals surface area contributed by atoms with Gasteiger partial charge in [-0.2, -0.15) is 0 Å². The van der Waals surface area contributed by atoms with Gasteiger partial charge < -0.3 is 4.74 Å². The molecule has 1 saturated heterocycles. The fourth-order valence-electron chi connectivity index (χ4n) is 1.24. The van der Waals surface area contributed by atoms with Crippen LogP contribution in [0.5, 0.6) is 0 Å². The van der Waals surface area contributed by atoms with E-state index in [2.05, 4.69) is 16.0 Å². The van der Waals surface area contributed by atoms with E-state index in [0.29, 0.717) is 12.1 Å². The number of rotatable bonds is 2. The number of hydrogen-bond acceptors (Lipinski definition) is 5. The Morgan fingerprint density at radius 3 is 3.30 bits per heavy atom. The third-order valence-corrected chi connectivity index (χ3v) is 3.93. The summed E-state index contributed by atoms with van der Waals surface area (Å²) in [6, 6.07) is 0.693. The summed E-state index contributed by atoms with van der Waals surface area (Å²) in [6.07, 6.45) is 1.77. The van der Waals surface area contributed by atoms with Crippen molar-refractivity contribution in [2.45, 2.75) is 18.6 Å². The molecule has 1 aliphatic heterocycles. The van der Waals surface area contributed by atoms with Crippen molar-refractivity contribution in [3.63, 3.8) is 0 Å². The van der Waals surface area contributed by atoms with Crippen LogP contribution in [0, 0.1) is 0 Å². The van der Waals surface area contributed by atoms with Crippen LogP contribution in [0.3, 0.4) is 0 Å². The van der Waals surface area contributed by atoms with E-state index < -0.39 is 0 Å². The van der Waals surface area contributed by atoms with E-state index in [1.54, 1.807) is 11.0 Å². The Morgan fingerprint density at radius 2 is 2.50 bits per heavy atom. The van der Waals surface area contributed by atoms with Gasteiger partial charge in [-0.05, 0) is 16.2 Å². The van der Waals surface area contributed by atoms with Crippen molar-refractivity contribution in [2.24, 2.45) is 0 Å². The molecule has 2 fully saturated rings. The molecule has 0 radical (unpaired) electrons. The van der Waals surface area contributed by atoms with Gasteiger partial charge in [-0.25, -0.2) is 4.31 Å². The maximum atomic E-state index is 5.44. The predicted molar refractivity (Wildman–Crippen MR) is 49.0 cm³/mol. The first-order valence-corrected chi connectivity index (χ1v) is 6.44. The van der Waals surface area contributed by atoms with E-state index in [1.165, 1.54) is 16.2 Å². The zero-order chi connectivity index (χ0) is 6.97. The minimum Gasteiger partial charge on any atom is -0.375 e. The lowest BCUT2D eigenvalue weighted by Gasteiger charge is -2.23. The summed E-state index contributed by atoms with van der Waals surface area (Å²) in [7, 11) is 3.26. The van der Waals surface area contributed by atoms with Crippen LogP contribution in [0.4, 0.5) is 0 Å². The molecule has 0 aromatic heterocycles. The van der Waals surface area contributed by atoms with Gasteiger partial charge in [0.05, 0.1) is 12.7 Å². The minimum absolute atomic E-state index is 0.543. The van der Waals surface area contributed by atoms with Crippen LogP contribution in [0.25, 0.3) is 0 Å². The highest BCUT2D eigenvalue weighted by molar-refractivity contribution is 9.04. The standard InChI is InChI=1S/C5H9NOS3/c8-10-9-6-1-2-7-5-3-4(5)6/h4-5,8H,1-3H2/t4-,5+/m1/s1. The SMILES string of the molecule is SSSN1CCO[C@H]2C[C@H]21. The average Bonchev–Trinajstić information content (AvgIpc) is 2.67. The number of morpholine rings is 1.